The summed E-state index contributed by atoms with van der Waals surface area (Å²) in [7, 11) is 1.62. The first-order chi connectivity index (χ1) is 14.6. The molecule has 1 N–H and O–H groups in total. The van der Waals surface area contributed by atoms with Crippen molar-refractivity contribution in [2.24, 2.45) is 5.92 Å². The van der Waals surface area contributed by atoms with Gasteiger partial charge in [0.25, 0.3) is 0 Å². The number of hydrogen-bond acceptors (Lipinski definition) is 5. The zero-order chi connectivity index (χ0) is 20.7. The molecule has 1 fully saturated rings. The van der Waals surface area contributed by atoms with Crippen LogP contribution in [-0.2, 0) is 0 Å². The fourth-order valence-electron chi connectivity index (χ4n) is 3.40. The van der Waals surface area contributed by atoms with Crippen molar-refractivity contribution in [3.05, 3.63) is 72.0 Å². The number of ketones is 1. The van der Waals surface area contributed by atoms with Crippen molar-refractivity contribution >= 4 is 38.2 Å². The molecule has 0 amide bonds. The molecule has 30 heavy (non-hydrogen) atoms. The Bertz CT molecular complexity index is 1250. The second-order valence-corrected chi connectivity index (χ2v) is 8.42. The summed E-state index contributed by atoms with van der Waals surface area (Å²) in [4.78, 5) is 16.7. The number of carbonyl (C=O) groups is 1. The Morgan fingerprint density at radius 1 is 1.07 bits per heavy atom. The van der Waals surface area contributed by atoms with Crippen LogP contribution in [0.3, 0.4) is 0 Å². The number of fused-ring (bicyclic) bond motifs is 1. The van der Waals surface area contributed by atoms with Crippen molar-refractivity contribution in [2.75, 3.05) is 12.4 Å². The minimum Gasteiger partial charge on any atom is -0.497 e. The average Bonchev–Trinajstić information content (AvgIpc) is 3.54. The molecule has 1 heterocycles. The molecule has 4 aromatic rings. The molecule has 0 saturated heterocycles. The van der Waals surface area contributed by atoms with Gasteiger partial charge in [0.05, 0.1) is 23.0 Å². The first kappa shape index (κ1) is 18.8. The van der Waals surface area contributed by atoms with Crippen LogP contribution in [0.4, 0.5) is 15.2 Å². The summed E-state index contributed by atoms with van der Waals surface area (Å²) in [5, 5.41) is 3.69. The number of anilines is 2. The Kier molecular flexibility index (Phi) is 4.71. The highest BCUT2D eigenvalue weighted by molar-refractivity contribution is 7.22. The van der Waals surface area contributed by atoms with Crippen LogP contribution in [0.5, 0.6) is 5.75 Å². The first-order valence-corrected chi connectivity index (χ1v) is 10.6. The molecular weight excluding hydrogens is 399 g/mol. The standard InChI is InChI=1S/C24H19FN2O2S/c1-29-18-9-11-21-22(13-18)30-24(27-21)26-20-10-8-17(12-19(20)25)14-2-4-15(5-3-14)23(28)16-6-7-16/h2-5,8-13,16H,6-7H2,1H3,(H,26,27). The minimum atomic E-state index is -0.359. The zero-order valence-electron chi connectivity index (χ0n) is 16.3. The summed E-state index contributed by atoms with van der Waals surface area (Å²) in [6.45, 7) is 0. The smallest absolute Gasteiger partial charge is 0.188 e. The fraction of sp³-hybridized carbons (Fsp3) is 0.167. The SMILES string of the molecule is COc1ccc2nc(Nc3ccc(-c4ccc(C(=O)C5CC5)cc4)cc3F)sc2c1. The summed E-state index contributed by atoms with van der Waals surface area (Å²) >= 11 is 1.44. The highest BCUT2D eigenvalue weighted by Crippen LogP contribution is 2.34. The van der Waals surface area contributed by atoms with Gasteiger partial charge in [-0.05, 0) is 54.3 Å². The lowest BCUT2D eigenvalue weighted by Gasteiger charge is -2.08. The lowest BCUT2D eigenvalue weighted by atomic mass is 10.0. The molecule has 1 aliphatic carbocycles. The number of methoxy groups -OCH3 is 1. The molecule has 0 radical (unpaired) electrons. The van der Waals surface area contributed by atoms with E-state index in [9.17, 15) is 9.18 Å². The molecule has 0 unspecified atom stereocenters. The molecule has 0 aliphatic heterocycles. The van der Waals surface area contributed by atoms with Crippen LogP contribution in [0.2, 0.25) is 0 Å². The number of nitrogens with zero attached hydrogens (tertiary/aromatic N) is 1. The normalized spacial score (nSPS) is 13.4. The molecule has 6 heteroatoms. The predicted octanol–water partition coefficient (Wildman–Crippen LogP) is 6.45. The lowest BCUT2D eigenvalue weighted by Crippen LogP contribution is -2.00. The number of Topliss-reactive ketones (excluding diaryl/α,β-unsaturated/α-hetero) is 1. The number of rotatable bonds is 6. The van der Waals surface area contributed by atoms with Gasteiger partial charge in [0.15, 0.2) is 10.9 Å². The van der Waals surface area contributed by atoms with Crippen molar-refractivity contribution in [2.45, 2.75) is 12.8 Å². The minimum absolute atomic E-state index is 0.197. The molecule has 1 aliphatic rings. The number of thiazole rings is 1. The lowest BCUT2D eigenvalue weighted by molar-refractivity contribution is 0.0967. The molecule has 0 bridgehead atoms. The topological polar surface area (TPSA) is 51.2 Å². The van der Waals surface area contributed by atoms with E-state index < -0.39 is 0 Å². The van der Waals surface area contributed by atoms with Gasteiger partial charge in [0.2, 0.25) is 0 Å². The first-order valence-electron chi connectivity index (χ1n) is 9.76. The van der Waals surface area contributed by atoms with E-state index in [1.165, 1.54) is 17.4 Å². The van der Waals surface area contributed by atoms with E-state index in [-0.39, 0.29) is 17.5 Å². The largest absolute Gasteiger partial charge is 0.497 e. The molecule has 4 nitrogen and oxygen atoms in total. The maximum Gasteiger partial charge on any atom is 0.188 e. The molecule has 0 atom stereocenters. The number of halogens is 1. The summed E-state index contributed by atoms with van der Waals surface area (Å²) in [5.41, 5.74) is 3.57. The Hall–Kier alpha value is -3.25. The van der Waals surface area contributed by atoms with Gasteiger partial charge in [0.1, 0.15) is 11.6 Å². The molecule has 1 aromatic heterocycles. The van der Waals surface area contributed by atoms with E-state index in [1.54, 1.807) is 13.2 Å². The average molecular weight is 418 g/mol. The van der Waals surface area contributed by atoms with Gasteiger partial charge < -0.3 is 10.1 Å². The van der Waals surface area contributed by atoms with Gasteiger partial charge in [-0.1, -0.05) is 41.7 Å². The number of aromatic nitrogens is 1. The van der Waals surface area contributed by atoms with Crippen LogP contribution >= 0.6 is 11.3 Å². The van der Waals surface area contributed by atoms with E-state index in [4.69, 9.17) is 4.74 Å². The Morgan fingerprint density at radius 2 is 1.83 bits per heavy atom. The van der Waals surface area contributed by atoms with Crippen molar-refractivity contribution in [1.82, 2.24) is 4.98 Å². The summed E-state index contributed by atoms with van der Waals surface area (Å²) in [6.07, 6.45) is 1.98. The Morgan fingerprint density at radius 3 is 2.53 bits per heavy atom. The van der Waals surface area contributed by atoms with Crippen LogP contribution in [0.25, 0.3) is 21.3 Å². The van der Waals surface area contributed by atoms with Gasteiger partial charge >= 0.3 is 0 Å². The van der Waals surface area contributed by atoms with E-state index in [2.05, 4.69) is 10.3 Å². The maximum absolute atomic E-state index is 14.8. The van der Waals surface area contributed by atoms with E-state index in [0.29, 0.717) is 10.8 Å². The van der Waals surface area contributed by atoms with Crippen molar-refractivity contribution < 1.29 is 13.9 Å². The molecule has 1 saturated carbocycles. The highest BCUT2D eigenvalue weighted by Gasteiger charge is 2.30. The monoisotopic (exact) mass is 418 g/mol. The number of ether oxygens (including phenoxy) is 1. The van der Waals surface area contributed by atoms with Gasteiger partial charge in [-0.15, -0.1) is 0 Å². The second-order valence-electron chi connectivity index (χ2n) is 7.39. The van der Waals surface area contributed by atoms with Gasteiger partial charge in [-0.25, -0.2) is 9.37 Å². The van der Waals surface area contributed by atoms with Crippen LogP contribution in [0.1, 0.15) is 23.2 Å². The molecule has 150 valence electrons. The molecule has 0 spiro atoms. The van der Waals surface area contributed by atoms with Gasteiger partial charge in [0, 0.05) is 11.5 Å². The summed E-state index contributed by atoms with van der Waals surface area (Å²) in [6, 6.07) is 18.1. The van der Waals surface area contributed by atoms with Crippen molar-refractivity contribution in [3.8, 4) is 16.9 Å². The zero-order valence-corrected chi connectivity index (χ0v) is 17.1. The highest BCUT2D eigenvalue weighted by atomic mass is 32.1. The number of nitrogens with one attached hydrogen (secondary N) is 1. The number of benzene rings is 3. The number of carbonyl (C=O) groups excluding carboxylic acids is 1. The predicted molar refractivity (Wildman–Crippen MR) is 118 cm³/mol. The Balaban J connectivity index is 1.36. The van der Waals surface area contributed by atoms with Crippen molar-refractivity contribution in [3.63, 3.8) is 0 Å². The maximum atomic E-state index is 14.8. The second kappa shape index (κ2) is 7.54. The van der Waals surface area contributed by atoms with Crippen LogP contribution in [0, 0.1) is 11.7 Å². The third kappa shape index (κ3) is 3.66. The fourth-order valence-corrected chi connectivity index (χ4v) is 4.31. The summed E-state index contributed by atoms with van der Waals surface area (Å²) in [5.74, 6) is 0.809. The van der Waals surface area contributed by atoms with E-state index >= 15 is 0 Å². The molecular formula is C24H19FN2O2S. The molecule has 3 aromatic carbocycles. The number of hydrogen-bond donors (Lipinski definition) is 1. The van der Waals surface area contributed by atoms with E-state index in [1.807, 2.05) is 48.5 Å². The van der Waals surface area contributed by atoms with Gasteiger partial charge in [-0.3, -0.25) is 4.79 Å². The third-order valence-corrected chi connectivity index (χ3v) is 6.19. The summed E-state index contributed by atoms with van der Waals surface area (Å²) < 4.78 is 21.0. The van der Waals surface area contributed by atoms with Crippen LogP contribution in [0.15, 0.2) is 60.7 Å². The van der Waals surface area contributed by atoms with Gasteiger partial charge in [-0.2, -0.15) is 0 Å². The third-order valence-electron chi connectivity index (χ3n) is 5.26. The van der Waals surface area contributed by atoms with E-state index in [0.717, 1.165) is 45.5 Å². The van der Waals surface area contributed by atoms with Crippen molar-refractivity contribution in [1.29, 1.82) is 0 Å². The van der Waals surface area contributed by atoms with Crippen LogP contribution < -0.4 is 10.1 Å². The Labute approximate surface area is 177 Å². The quantitative estimate of drug-likeness (QED) is 0.366. The molecule has 5 rings (SSSR count). The van der Waals surface area contributed by atoms with Crippen LogP contribution in [-0.4, -0.2) is 17.9 Å².